The first kappa shape index (κ1) is 28.0. The first-order chi connectivity index (χ1) is 16.7. The number of carbonyl (C=O) groups excluding carboxylic acids is 3. The van der Waals surface area contributed by atoms with Crippen LogP contribution in [0.25, 0.3) is 0 Å². The Kier molecular flexibility index (Phi) is 8.38. The Labute approximate surface area is 215 Å². The Balaban J connectivity index is 1.75. The largest absolute Gasteiger partial charge is 0.458 e. The van der Waals surface area contributed by atoms with Crippen LogP contribution in [0.2, 0.25) is 0 Å². The van der Waals surface area contributed by atoms with Gasteiger partial charge in [-0.3, -0.25) is 9.69 Å². The molecule has 1 aliphatic carbocycles. The van der Waals surface area contributed by atoms with Crippen LogP contribution in [-0.4, -0.2) is 65.4 Å². The summed E-state index contributed by atoms with van der Waals surface area (Å²) in [5, 5.41) is 2.90. The van der Waals surface area contributed by atoms with Gasteiger partial charge in [0.25, 0.3) is 0 Å². The second-order valence-corrected chi connectivity index (χ2v) is 12.0. The van der Waals surface area contributed by atoms with Crippen LogP contribution in [0.15, 0.2) is 30.3 Å². The minimum Gasteiger partial charge on any atom is -0.458 e. The summed E-state index contributed by atoms with van der Waals surface area (Å²) in [7, 11) is 1.56. The number of likely N-dealkylation sites (tertiary alicyclic amines) is 1. The van der Waals surface area contributed by atoms with E-state index < -0.39 is 35.2 Å². The number of nitrogens with one attached hydrogen (secondary N) is 1. The molecule has 2 fully saturated rings. The molecule has 1 aliphatic heterocycles. The molecule has 2 amide bonds. The van der Waals surface area contributed by atoms with Gasteiger partial charge in [0.05, 0.1) is 18.1 Å². The molecule has 1 saturated carbocycles. The third-order valence-electron chi connectivity index (χ3n) is 6.60. The molecule has 3 unspecified atom stereocenters. The highest BCUT2D eigenvalue weighted by Crippen LogP contribution is 2.50. The molecular weight excluding hydrogens is 460 g/mol. The third kappa shape index (κ3) is 7.21. The standard InChI is InChI=1S/C28H42N2O6/c1-17(23(34-8)22-16-19-15-21(19)30(22)26(33)36-28(5,6)7)24(31)29-20(25(32)35-27(2,3)4)14-18-12-10-9-11-13-18/h9-13,17,19-23H,14-16H2,1-8H3,(H,29,31)/t17?,19-,20?,21-,22-,23?/m0/s1. The molecule has 1 N–H and O–H groups in total. The third-order valence-corrected chi connectivity index (χ3v) is 6.60. The molecule has 0 aromatic heterocycles. The number of rotatable bonds is 8. The fraction of sp³-hybridized carbons (Fsp3) is 0.679. The van der Waals surface area contributed by atoms with Crippen molar-refractivity contribution in [3.8, 4) is 0 Å². The molecule has 3 rings (SSSR count). The van der Waals surface area contributed by atoms with E-state index in [1.54, 1.807) is 39.7 Å². The highest BCUT2D eigenvalue weighted by Gasteiger charge is 2.58. The van der Waals surface area contributed by atoms with Crippen LogP contribution >= 0.6 is 0 Å². The number of piperidine rings is 1. The maximum absolute atomic E-state index is 13.4. The molecule has 8 nitrogen and oxygen atoms in total. The van der Waals surface area contributed by atoms with Crippen molar-refractivity contribution in [2.75, 3.05) is 7.11 Å². The smallest absolute Gasteiger partial charge is 0.410 e. The zero-order chi connectivity index (χ0) is 26.8. The lowest BCUT2D eigenvalue weighted by Gasteiger charge is -2.36. The molecule has 36 heavy (non-hydrogen) atoms. The maximum atomic E-state index is 13.4. The Bertz CT molecular complexity index is 936. The van der Waals surface area contributed by atoms with E-state index in [0.717, 1.165) is 18.4 Å². The highest BCUT2D eigenvalue weighted by atomic mass is 16.6. The summed E-state index contributed by atoms with van der Waals surface area (Å²) in [6, 6.07) is 8.51. The number of amides is 2. The number of nitrogens with zero attached hydrogens (tertiary/aromatic N) is 1. The summed E-state index contributed by atoms with van der Waals surface area (Å²) in [4.78, 5) is 41.2. The molecule has 1 heterocycles. The molecule has 2 aliphatic rings. The Morgan fingerprint density at radius 1 is 1.00 bits per heavy atom. The van der Waals surface area contributed by atoms with Crippen molar-refractivity contribution in [1.82, 2.24) is 10.2 Å². The van der Waals surface area contributed by atoms with E-state index in [2.05, 4.69) is 5.32 Å². The number of ether oxygens (including phenoxy) is 3. The predicted octanol–water partition coefficient (Wildman–Crippen LogP) is 4.10. The Morgan fingerprint density at radius 3 is 2.17 bits per heavy atom. The van der Waals surface area contributed by atoms with Crippen molar-refractivity contribution in [1.29, 1.82) is 0 Å². The summed E-state index contributed by atoms with van der Waals surface area (Å²) < 4.78 is 17.1. The minimum absolute atomic E-state index is 0.130. The van der Waals surface area contributed by atoms with Crippen LogP contribution in [-0.2, 0) is 30.2 Å². The molecule has 0 spiro atoms. The Morgan fingerprint density at radius 2 is 1.61 bits per heavy atom. The number of esters is 1. The lowest BCUT2D eigenvalue weighted by molar-refractivity contribution is -0.159. The van der Waals surface area contributed by atoms with Gasteiger partial charge >= 0.3 is 12.1 Å². The van der Waals surface area contributed by atoms with Crippen LogP contribution < -0.4 is 5.32 Å². The molecule has 1 saturated heterocycles. The van der Waals surface area contributed by atoms with Gasteiger partial charge in [0.2, 0.25) is 5.91 Å². The first-order valence-corrected chi connectivity index (χ1v) is 12.8. The first-order valence-electron chi connectivity index (χ1n) is 12.8. The number of fused-ring (bicyclic) bond motifs is 1. The van der Waals surface area contributed by atoms with E-state index in [1.165, 1.54) is 0 Å². The van der Waals surface area contributed by atoms with Crippen molar-refractivity contribution in [3.05, 3.63) is 35.9 Å². The number of benzene rings is 1. The molecular formula is C28H42N2O6. The lowest BCUT2D eigenvalue weighted by Crippen LogP contribution is -2.54. The average Bonchev–Trinajstić information content (AvgIpc) is 3.41. The van der Waals surface area contributed by atoms with Gasteiger partial charge in [-0.1, -0.05) is 37.3 Å². The van der Waals surface area contributed by atoms with Crippen LogP contribution in [0.4, 0.5) is 4.79 Å². The van der Waals surface area contributed by atoms with Gasteiger partial charge in [0, 0.05) is 19.6 Å². The molecule has 1 aromatic carbocycles. The van der Waals surface area contributed by atoms with E-state index in [0.29, 0.717) is 12.3 Å². The quantitative estimate of drug-likeness (QED) is 0.538. The number of carbonyl (C=O) groups is 3. The Hall–Kier alpha value is -2.61. The van der Waals surface area contributed by atoms with Gasteiger partial charge in [-0.15, -0.1) is 0 Å². The van der Waals surface area contributed by atoms with E-state index in [-0.39, 0.29) is 24.1 Å². The van der Waals surface area contributed by atoms with Crippen molar-refractivity contribution in [3.63, 3.8) is 0 Å². The molecule has 0 bridgehead atoms. The van der Waals surface area contributed by atoms with Crippen molar-refractivity contribution in [2.24, 2.45) is 11.8 Å². The summed E-state index contributed by atoms with van der Waals surface area (Å²) in [5.41, 5.74) is -0.384. The highest BCUT2D eigenvalue weighted by molar-refractivity contribution is 5.86. The second-order valence-electron chi connectivity index (χ2n) is 12.0. The van der Waals surface area contributed by atoms with E-state index in [1.807, 2.05) is 51.1 Å². The van der Waals surface area contributed by atoms with E-state index in [9.17, 15) is 14.4 Å². The fourth-order valence-electron chi connectivity index (χ4n) is 4.94. The van der Waals surface area contributed by atoms with E-state index in [4.69, 9.17) is 14.2 Å². The summed E-state index contributed by atoms with van der Waals surface area (Å²) in [5.74, 6) is -1.01. The van der Waals surface area contributed by atoms with Gasteiger partial charge in [-0.2, -0.15) is 0 Å². The molecule has 200 valence electrons. The summed E-state index contributed by atoms with van der Waals surface area (Å²) >= 11 is 0. The van der Waals surface area contributed by atoms with Gasteiger partial charge in [0.1, 0.15) is 17.2 Å². The van der Waals surface area contributed by atoms with Gasteiger partial charge in [0.15, 0.2) is 0 Å². The van der Waals surface area contributed by atoms with Crippen molar-refractivity contribution >= 4 is 18.0 Å². The zero-order valence-corrected chi connectivity index (χ0v) is 22.9. The fourth-order valence-corrected chi connectivity index (χ4v) is 4.94. The summed E-state index contributed by atoms with van der Waals surface area (Å²) in [6.45, 7) is 12.7. The van der Waals surface area contributed by atoms with Gasteiger partial charge in [-0.25, -0.2) is 9.59 Å². The van der Waals surface area contributed by atoms with Crippen LogP contribution in [0.3, 0.4) is 0 Å². The van der Waals surface area contributed by atoms with Gasteiger partial charge in [-0.05, 0) is 65.9 Å². The van der Waals surface area contributed by atoms with Crippen molar-refractivity contribution < 1.29 is 28.6 Å². The number of methoxy groups -OCH3 is 1. The maximum Gasteiger partial charge on any atom is 0.410 e. The van der Waals surface area contributed by atoms with Crippen LogP contribution in [0.5, 0.6) is 0 Å². The monoisotopic (exact) mass is 502 g/mol. The SMILES string of the molecule is COC(C(C)C(=O)NC(Cc1ccccc1)C(=O)OC(C)(C)C)[C@@H]1C[C@@H]2C[C@@H]2N1C(=O)OC(C)(C)C. The minimum atomic E-state index is -0.849. The zero-order valence-electron chi connectivity index (χ0n) is 22.9. The molecule has 0 radical (unpaired) electrons. The van der Waals surface area contributed by atoms with Gasteiger partial charge < -0.3 is 19.5 Å². The average molecular weight is 503 g/mol. The second kappa shape index (κ2) is 10.8. The van der Waals surface area contributed by atoms with Crippen LogP contribution in [0.1, 0.15) is 66.9 Å². The van der Waals surface area contributed by atoms with E-state index >= 15 is 0 Å². The summed E-state index contributed by atoms with van der Waals surface area (Å²) in [6.07, 6.45) is 1.11. The van der Waals surface area contributed by atoms with Crippen molar-refractivity contribution in [2.45, 2.75) is 103 Å². The lowest BCUT2D eigenvalue weighted by atomic mass is 9.93. The number of hydrogen-bond donors (Lipinski definition) is 1. The molecule has 1 aromatic rings. The molecule has 6 atom stereocenters. The molecule has 8 heteroatoms. The van der Waals surface area contributed by atoms with Crippen LogP contribution in [0, 0.1) is 11.8 Å². The predicted molar refractivity (Wildman–Crippen MR) is 136 cm³/mol. The number of hydrogen-bond acceptors (Lipinski definition) is 6. The normalized spacial score (nSPS) is 23.8. The topological polar surface area (TPSA) is 94.2 Å².